The molecular formula is C17H25NO5. The third-order valence-electron chi connectivity index (χ3n) is 3.67. The van der Waals surface area contributed by atoms with Crippen LogP contribution < -0.4 is 4.74 Å². The predicted octanol–water partition coefficient (Wildman–Crippen LogP) is 2.88. The Kier molecular flexibility index (Phi) is 4.96. The van der Waals surface area contributed by atoms with E-state index in [-0.39, 0.29) is 12.1 Å². The van der Waals surface area contributed by atoms with Gasteiger partial charge in [-0.15, -0.1) is 0 Å². The standard InChI is InChI=1S/C17H25NO5/c1-7-20-15(19)12-9-18-14(8-11(12)2)21-10-13-16(3,4)23-17(5,6)22-13/h8-9,13H,7,10H2,1-6H3. The number of hydrogen-bond acceptors (Lipinski definition) is 6. The highest BCUT2D eigenvalue weighted by atomic mass is 16.8. The minimum atomic E-state index is -0.630. The van der Waals surface area contributed by atoms with E-state index in [9.17, 15) is 4.79 Å². The van der Waals surface area contributed by atoms with Crippen molar-refractivity contribution in [2.45, 2.75) is 59.0 Å². The lowest BCUT2D eigenvalue weighted by Crippen LogP contribution is -2.37. The first-order chi connectivity index (χ1) is 10.6. The zero-order valence-electron chi connectivity index (χ0n) is 14.6. The summed E-state index contributed by atoms with van der Waals surface area (Å²) >= 11 is 0. The molecule has 1 saturated heterocycles. The average molecular weight is 323 g/mol. The number of hydrogen-bond donors (Lipinski definition) is 0. The van der Waals surface area contributed by atoms with Crippen molar-refractivity contribution >= 4 is 5.97 Å². The van der Waals surface area contributed by atoms with Crippen molar-refractivity contribution in [2.24, 2.45) is 0 Å². The van der Waals surface area contributed by atoms with Gasteiger partial charge in [-0.2, -0.15) is 0 Å². The molecule has 0 bridgehead atoms. The maximum absolute atomic E-state index is 11.8. The van der Waals surface area contributed by atoms with Crippen LogP contribution in [0.4, 0.5) is 0 Å². The highest BCUT2D eigenvalue weighted by molar-refractivity contribution is 5.90. The van der Waals surface area contributed by atoms with Crippen LogP contribution in [0.3, 0.4) is 0 Å². The maximum atomic E-state index is 11.8. The van der Waals surface area contributed by atoms with Crippen LogP contribution >= 0.6 is 0 Å². The third-order valence-corrected chi connectivity index (χ3v) is 3.67. The van der Waals surface area contributed by atoms with Crippen LogP contribution in [0.2, 0.25) is 0 Å². The van der Waals surface area contributed by atoms with E-state index in [1.54, 1.807) is 13.0 Å². The zero-order chi connectivity index (χ0) is 17.3. The fourth-order valence-electron chi connectivity index (χ4n) is 2.64. The summed E-state index contributed by atoms with van der Waals surface area (Å²) in [7, 11) is 0. The summed E-state index contributed by atoms with van der Waals surface area (Å²) in [5, 5.41) is 0. The Balaban J connectivity index is 2.02. The molecule has 0 N–H and O–H groups in total. The van der Waals surface area contributed by atoms with Gasteiger partial charge in [0.15, 0.2) is 5.79 Å². The number of carbonyl (C=O) groups excluding carboxylic acids is 1. The Bertz CT molecular complexity index is 582. The molecular weight excluding hydrogens is 298 g/mol. The van der Waals surface area contributed by atoms with E-state index in [0.29, 0.717) is 24.7 Å². The quantitative estimate of drug-likeness (QED) is 0.776. The molecule has 128 valence electrons. The Labute approximate surface area is 137 Å². The van der Waals surface area contributed by atoms with E-state index in [1.807, 2.05) is 34.6 Å². The van der Waals surface area contributed by atoms with Crippen molar-refractivity contribution in [1.29, 1.82) is 0 Å². The molecule has 0 radical (unpaired) electrons. The Morgan fingerprint density at radius 3 is 2.57 bits per heavy atom. The smallest absolute Gasteiger partial charge is 0.339 e. The molecule has 0 aliphatic carbocycles. The molecule has 6 heteroatoms. The van der Waals surface area contributed by atoms with Crippen LogP contribution in [0.5, 0.6) is 5.88 Å². The van der Waals surface area contributed by atoms with Gasteiger partial charge in [0, 0.05) is 12.3 Å². The van der Waals surface area contributed by atoms with Gasteiger partial charge in [-0.25, -0.2) is 9.78 Å². The highest BCUT2D eigenvalue weighted by Gasteiger charge is 2.47. The number of carbonyl (C=O) groups is 1. The van der Waals surface area contributed by atoms with Crippen LogP contribution in [0.1, 0.15) is 50.5 Å². The molecule has 23 heavy (non-hydrogen) atoms. The van der Waals surface area contributed by atoms with Gasteiger partial charge >= 0.3 is 5.97 Å². The molecule has 6 nitrogen and oxygen atoms in total. The molecule has 1 atom stereocenters. The maximum Gasteiger partial charge on any atom is 0.339 e. The summed E-state index contributed by atoms with van der Waals surface area (Å²) < 4.78 is 22.4. The summed E-state index contributed by atoms with van der Waals surface area (Å²) in [6, 6.07) is 1.72. The SMILES string of the molecule is CCOC(=O)c1cnc(OCC2OC(C)(C)OC2(C)C)cc1C. The lowest BCUT2D eigenvalue weighted by molar-refractivity contribution is -0.158. The molecule has 1 fully saturated rings. The van der Waals surface area contributed by atoms with Crippen LogP contribution in [0.15, 0.2) is 12.3 Å². The topological polar surface area (TPSA) is 66.9 Å². The van der Waals surface area contributed by atoms with E-state index >= 15 is 0 Å². The monoisotopic (exact) mass is 323 g/mol. The first-order valence-corrected chi connectivity index (χ1v) is 7.79. The van der Waals surface area contributed by atoms with E-state index in [2.05, 4.69) is 4.98 Å². The van der Waals surface area contributed by atoms with Crippen molar-refractivity contribution in [3.8, 4) is 5.88 Å². The number of ether oxygens (including phenoxy) is 4. The van der Waals surface area contributed by atoms with Gasteiger partial charge in [0.2, 0.25) is 5.88 Å². The number of nitrogens with zero attached hydrogens (tertiary/aromatic N) is 1. The number of pyridine rings is 1. The number of rotatable bonds is 5. The molecule has 1 aliphatic rings. The predicted molar refractivity (Wildman–Crippen MR) is 84.5 cm³/mol. The largest absolute Gasteiger partial charge is 0.475 e. The molecule has 0 aromatic carbocycles. The van der Waals surface area contributed by atoms with Gasteiger partial charge in [0.1, 0.15) is 12.7 Å². The molecule has 1 unspecified atom stereocenters. The highest BCUT2D eigenvalue weighted by Crippen LogP contribution is 2.36. The molecule has 1 aliphatic heterocycles. The van der Waals surface area contributed by atoms with Crippen molar-refractivity contribution < 1.29 is 23.7 Å². The van der Waals surface area contributed by atoms with Gasteiger partial charge in [-0.1, -0.05) is 0 Å². The second-order valence-corrected chi connectivity index (χ2v) is 6.58. The summed E-state index contributed by atoms with van der Waals surface area (Å²) in [4.78, 5) is 15.9. The van der Waals surface area contributed by atoms with E-state index in [4.69, 9.17) is 18.9 Å². The fraction of sp³-hybridized carbons (Fsp3) is 0.647. The second-order valence-electron chi connectivity index (χ2n) is 6.58. The van der Waals surface area contributed by atoms with Crippen LogP contribution in [-0.4, -0.2) is 41.7 Å². The molecule has 0 amide bonds. The van der Waals surface area contributed by atoms with E-state index in [1.165, 1.54) is 6.20 Å². The van der Waals surface area contributed by atoms with Crippen molar-refractivity contribution in [2.75, 3.05) is 13.2 Å². The zero-order valence-corrected chi connectivity index (χ0v) is 14.6. The van der Waals surface area contributed by atoms with E-state index in [0.717, 1.165) is 5.56 Å². The Hall–Kier alpha value is -1.66. The Morgan fingerprint density at radius 2 is 2.04 bits per heavy atom. The first-order valence-electron chi connectivity index (χ1n) is 7.79. The second kappa shape index (κ2) is 6.45. The number of aryl methyl sites for hydroxylation is 1. The van der Waals surface area contributed by atoms with Crippen LogP contribution in [-0.2, 0) is 14.2 Å². The van der Waals surface area contributed by atoms with Crippen molar-refractivity contribution in [1.82, 2.24) is 4.98 Å². The molecule has 0 spiro atoms. The van der Waals surface area contributed by atoms with Gasteiger partial charge in [0.05, 0.1) is 17.8 Å². The number of esters is 1. The molecule has 2 rings (SSSR count). The fourth-order valence-corrected chi connectivity index (χ4v) is 2.64. The summed E-state index contributed by atoms with van der Waals surface area (Å²) in [6.45, 7) is 11.9. The van der Waals surface area contributed by atoms with Crippen LogP contribution in [0.25, 0.3) is 0 Å². The third kappa shape index (κ3) is 4.20. The lowest BCUT2D eigenvalue weighted by atomic mass is 10.0. The first kappa shape index (κ1) is 17.7. The van der Waals surface area contributed by atoms with Crippen LogP contribution in [0, 0.1) is 6.92 Å². The summed E-state index contributed by atoms with van der Waals surface area (Å²) in [6.07, 6.45) is 1.27. The number of aromatic nitrogens is 1. The molecule has 1 aromatic heterocycles. The molecule has 2 heterocycles. The van der Waals surface area contributed by atoms with E-state index < -0.39 is 11.4 Å². The van der Waals surface area contributed by atoms with Gasteiger partial charge in [0.25, 0.3) is 0 Å². The van der Waals surface area contributed by atoms with Gasteiger partial charge in [-0.05, 0) is 47.1 Å². The Morgan fingerprint density at radius 1 is 1.35 bits per heavy atom. The minimum Gasteiger partial charge on any atom is -0.475 e. The van der Waals surface area contributed by atoms with Crippen molar-refractivity contribution in [3.05, 3.63) is 23.4 Å². The normalized spacial score (nSPS) is 21.9. The lowest BCUT2D eigenvalue weighted by Gasteiger charge is -2.23. The van der Waals surface area contributed by atoms with Gasteiger partial charge in [-0.3, -0.25) is 0 Å². The average Bonchev–Trinajstić information content (AvgIpc) is 2.64. The summed E-state index contributed by atoms with van der Waals surface area (Å²) in [5.74, 6) is -0.562. The van der Waals surface area contributed by atoms with Crippen molar-refractivity contribution in [3.63, 3.8) is 0 Å². The summed E-state index contributed by atoms with van der Waals surface area (Å²) in [5.41, 5.74) is 0.765. The molecule has 0 saturated carbocycles. The molecule has 1 aromatic rings. The van der Waals surface area contributed by atoms with Gasteiger partial charge < -0.3 is 18.9 Å². The minimum absolute atomic E-state index is 0.204.